The van der Waals surface area contributed by atoms with Crippen molar-refractivity contribution < 1.29 is 18.9 Å². The Bertz CT molecular complexity index is 1090. The van der Waals surface area contributed by atoms with Gasteiger partial charge in [0.2, 0.25) is 12.4 Å². The Balaban J connectivity index is 1.66. The molecule has 2 amide bonds. The second-order valence-electron chi connectivity index (χ2n) is 7.21. The predicted molar refractivity (Wildman–Crippen MR) is 126 cm³/mol. The number of rotatable bonds is 8. The minimum Gasteiger partial charge on any atom is -0.445 e. The molecule has 0 aliphatic heterocycles. The average molecular weight is 471 g/mol. The molecule has 0 fully saturated rings. The van der Waals surface area contributed by atoms with Crippen molar-refractivity contribution in [3.05, 3.63) is 102 Å². The maximum Gasteiger partial charge on any atom is 0.407 e. The minimum atomic E-state index is -3.55. The Kier molecular flexibility index (Phi) is 8.09. The lowest BCUT2D eigenvalue weighted by atomic mass is 10.1. The lowest BCUT2D eigenvalue weighted by Gasteiger charge is -2.25. The van der Waals surface area contributed by atoms with E-state index in [-0.39, 0.29) is 13.2 Å². The summed E-state index contributed by atoms with van der Waals surface area (Å²) in [6, 6.07) is 25.1. The van der Waals surface area contributed by atoms with Gasteiger partial charge < -0.3 is 15.4 Å². The van der Waals surface area contributed by atoms with Gasteiger partial charge in [-0.3, -0.25) is 9.36 Å². The molecule has 166 valence electrons. The van der Waals surface area contributed by atoms with Gasteiger partial charge in [-0.15, -0.1) is 0 Å². The van der Waals surface area contributed by atoms with Gasteiger partial charge in [0, 0.05) is 5.30 Å². The summed E-state index contributed by atoms with van der Waals surface area (Å²) in [7, 11) is 0. The number of nitrogens with one attached hydrogen (secondary N) is 2. The lowest BCUT2D eigenvalue weighted by Crippen LogP contribution is -2.39. The molecule has 0 aromatic heterocycles. The average Bonchev–Trinajstić information content (AvgIpc) is 2.81. The van der Waals surface area contributed by atoms with Crippen molar-refractivity contribution in [3.8, 4) is 0 Å². The maximum absolute atomic E-state index is 13.6. The Morgan fingerprint density at radius 3 is 2.16 bits per heavy atom. The van der Waals surface area contributed by atoms with Gasteiger partial charge in [0.15, 0.2) is 0 Å². The van der Waals surface area contributed by atoms with Gasteiger partial charge in [-0.05, 0) is 29.3 Å². The number of amides is 2. The van der Waals surface area contributed by atoms with Crippen LogP contribution in [0.1, 0.15) is 22.5 Å². The van der Waals surface area contributed by atoms with E-state index in [1.54, 1.807) is 42.5 Å². The molecule has 0 aliphatic carbocycles. The van der Waals surface area contributed by atoms with Gasteiger partial charge in [-0.25, -0.2) is 4.79 Å². The molecule has 1 unspecified atom stereocenters. The molecule has 2 N–H and O–H groups in total. The van der Waals surface area contributed by atoms with Crippen molar-refractivity contribution in [1.29, 1.82) is 0 Å². The second kappa shape index (κ2) is 11.0. The SMILES string of the molecule is Cc1ccc([C@H](NC(=O)CNC(=O)OCc2ccccc2)P(=O)(Cl)c2ccccc2)cc1. The topological polar surface area (TPSA) is 84.5 Å². The van der Waals surface area contributed by atoms with Crippen LogP contribution in [0.15, 0.2) is 84.9 Å². The number of hydrogen-bond acceptors (Lipinski definition) is 4. The summed E-state index contributed by atoms with van der Waals surface area (Å²) >= 11 is 6.56. The number of carbonyl (C=O) groups is 2. The summed E-state index contributed by atoms with van der Waals surface area (Å²) < 4.78 is 18.7. The normalized spacial score (nSPS) is 13.4. The van der Waals surface area contributed by atoms with Crippen LogP contribution in [0.25, 0.3) is 0 Å². The molecule has 32 heavy (non-hydrogen) atoms. The van der Waals surface area contributed by atoms with Crippen LogP contribution in [0.2, 0.25) is 0 Å². The number of hydrogen-bond donors (Lipinski definition) is 2. The highest BCUT2D eigenvalue weighted by Crippen LogP contribution is 2.61. The fourth-order valence-corrected chi connectivity index (χ4v) is 5.58. The molecule has 0 saturated carbocycles. The van der Waals surface area contributed by atoms with Crippen molar-refractivity contribution in [3.63, 3.8) is 0 Å². The summed E-state index contributed by atoms with van der Waals surface area (Å²) in [5.74, 6) is -1.49. The van der Waals surface area contributed by atoms with E-state index < -0.39 is 24.3 Å². The van der Waals surface area contributed by atoms with Crippen LogP contribution in [-0.4, -0.2) is 18.5 Å². The largest absolute Gasteiger partial charge is 0.445 e. The van der Waals surface area contributed by atoms with Crippen LogP contribution in [0, 0.1) is 6.92 Å². The summed E-state index contributed by atoms with van der Waals surface area (Å²) in [5.41, 5.74) is 2.46. The predicted octanol–water partition coefficient (Wildman–Crippen LogP) is 4.88. The fraction of sp³-hybridized carbons (Fsp3) is 0.167. The molecule has 3 aromatic rings. The standard InChI is InChI=1S/C24H24ClN2O4P/c1-18-12-14-20(15-13-18)23(32(25,30)21-10-6-3-7-11-21)27-22(28)16-26-24(29)31-17-19-8-4-2-5-9-19/h2-15,23H,16-17H2,1H3,(H,26,29)(H,27,28)/t23-,32?/m1/s1. The van der Waals surface area contributed by atoms with Crippen molar-refractivity contribution in [2.45, 2.75) is 19.3 Å². The molecule has 6 nitrogen and oxygen atoms in total. The van der Waals surface area contributed by atoms with Crippen LogP contribution in [0.5, 0.6) is 0 Å². The van der Waals surface area contributed by atoms with E-state index in [2.05, 4.69) is 10.6 Å². The molecular formula is C24H24ClN2O4P. The van der Waals surface area contributed by atoms with Crippen LogP contribution < -0.4 is 15.9 Å². The number of ether oxygens (including phenoxy) is 1. The first-order valence-corrected chi connectivity index (χ1v) is 12.7. The molecular weight excluding hydrogens is 447 g/mol. The molecule has 0 bridgehead atoms. The number of benzene rings is 3. The van der Waals surface area contributed by atoms with Crippen LogP contribution in [0.3, 0.4) is 0 Å². The molecule has 8 heteroatoms. The molecule has 0 spiro atoms. The first-order valence-electron chi connectivity index (χ1n) is 10.0. The highest BCUT2D eigenvalue weighted by molar-refractivity contribution is 7.95. The zero-order valence-corrected chi connectivity index (χ0v) is 19.2. The highest BCUT2D eigenvalue weighted by Gasteiger charge is 2.35. The maximum atomic E-state index is 13.6. The number of alkyl carbamates (subject to hydrolysis) is 1. The number of aryl methyl sites for hydroxylation is 1. The first-order chi connectivity index (χ1) is 15.4. The third-order valence-corrected chi connectivity index (χ3v) is 8.00. The van der Waals surface area contributed by atoms with E-state index in [4.69, 9.17) is 16.0 Å². The minimum absolute atomic E-state index is 0.0885. The van der Waals surface area contributed by atoms with Crippen LogP contribution >= 0.6 is 17.7 Å². The molecule has 0 radical (unpaired) electrons. The summed E-state index contributed by atoms with van der Waals surface area (Å²) in [5, 5.41) is 5.55. The molecule has 0 aliphatic rings. The van der Waals surface area contributed by atoms with E-state index in [1.165, 1.54) is 0 Å². The summed E-state index contributed by atoms with van der Waals surface area (Å²) in [4.78, 5) is 24.5. The van der Waals surface area contributed by atoms with Gasteiger partial charge in [0.05, 0.1) is 0 Å². The van der Waals surface area contributed by atoms with E-state index in [0.717, 1.165) is 11.1 Å². The summed E-state index contributed by atoms with van der Waals surface area (Å²) in [6.45, 7) is -1.88. The van der Waals surface area contributed by atoms with Gasteiger partial charge in [-0.2, -0.15) is 0 Å². The Morgan fingerprint density at radius 1 is 0.938 bits per heavy atom. The first kappa shape index (κ1) is 23.6. The van der Waals surface area contributed by atoms with Crippen LogP contribution in [-0.2, 0) is 20.7 Å². The van der Waals surface area contributed by atoms with Crippen molar-refractivity contribution in [2.75, 3.05) is 6.54 Å². The smallest absolute Gasteiger partial charge is 0.407 e. The Labute approximate surface area is 192 Å². The third-order valence-electron chi connectivity index (χ3n) is 4.74. The van der Waals surface area contributed by atoms with Gasteiger partial charge in [-0.1, -0.05) is 90.5 Å². The molecule has 3 aromatic carbocycles. The molecule has 0 saturated heterocycles. The van der Waals surface area contributed by atoms with E-state index in [1.807, 2.05) is 49.4 Å². The van der Waals surface area contributed by atoms with Gasteiger partial charge >= 0.3 is 6.09 Å². The molecule has 3 rings (SSSR count). The Morgan fingerprint density at radius 2 is 1.53 bits per heavy atom. The second-order valence-corrected chi connectivity index (χ2v) is 10.9. The van der Waals surface area contributed by atoms with Crippen LogP contribution in [0.4, 0.5) is 4.79 Å². The van der Waals surface area contributed by atoms with Crippen molar-refractivity contribution in [2.24, 2.45) is 0 Å². The zero-order valence-electron chi connectivity index (χ0n) is 17.5. The third kappa shape index (κ3) is 6.46. The fourth-order valence-electron chi connectivity index (χ4n) is 3.02. The van der Waals surface area contributed by atoms with E-state index >= 15 is 0 Å². The molecule has 2 atom stereocenters. The van der Waals surface area contributed by atoms with Gasteiger partial charge in [0.25, 0.3) is 0 Å². The zero-order chi connectivity index (χ0) is 23.0. The highest BCUT2D eigenvalue weighted by atomic mass is 35.7. The monoisotopic (exact) mass is 470 g/mol. The van der Waals surface area contributed by atoms with Crippen molar-refractivity contribution in [1.82, 2.24) is 10.6 Å². The van der Waals surface area contributed by atoms with E-state index in [9.17, 15) is 14.2 Å². The number of halogens is 1. The molecule has 0 heterocycles. The van der Waals surface area contributed by atoms with Crippen molar-refractivity contribution >= 4 is 35.0 Å². The number of carbonyl (C=O) groups excluding carboxylic acids is 2. The Hall–Kier alpha value is -3.08. The quantitative estimate of drug-likeness (QED) is 0.460. The summed E-state index contributed by atoms with van der Waals surface area (Å²) in [6.07, 6.45) is -0.729. The lowest BCUT2D eigenvalue weighted by molar-refractivity contribution is -0.120. The van der Waals surface area contributed by atoms with E-state index in [0.29, 0.717) is 10.9 Å². The van der Waals surface area contributed by atoms with Gasteiger partial charge in [0.1, 0.15) is 18.9 Å².